The van der Waals surface area contributed by atoms with Gasteiger partial charge in [-0.3, -0.25) is 4.99 Å². The van der Waals surface area contributed by atoms with E-state index in [2.05, 4.69) is 59.3 Å². The minimum atomic E-state index is 0.567. The molecule has 0 atom stereocenters. The number of aryl methyl sites for hydroxylation is 1. The lowest BCUT2D eigenvalue weighted by atomic mass is 9.87. The van der Waals surface area contributed by atoms with Crippen LogP contribution in [0.15, 0.2) is 10.1 Å². The molecule has 0 unspecified atom stereocenters. The molecule has 1 fully saturated rings. The van der Waals surface area contributed by atoms with Gasteiger partial charge in [0.15, 0.2) is 11.1 Å². The zero-order chi connectivity index (χ0) is 19.6. The topological polar surface area (TPSA) is 67.1 Å². The molecule has 0 aromatic carbocycles. The minimum absolute atomic E-state index is 0.567. The van der Waals surface area contributed by atoms with Crippen molar-refractivity contribution in [3.63, 3.8) is 0 Å². The number of aromatic nitrogens is 3. The number of thioether (sulfide) groups is 1. The van der Waals surface area contributed by atoms with Gasteiger partial charge in [0.1, 0.15) is 5.82 Å². The van der Waals surface area contributed by atoms with E-state index in [-0.39, 0.29) is 0 Å². The van der Waals surface area contributed by atoms with E-state index in [1.165, 1.54) is 25.7 Å². The Labute approximate surface area is 169 Å². The molecule has 1 aromatic rings. The highest BCUT2D eigenvalue weighted by molar-refractivity contribution is 7.98. The number of hydrogen-bond donors (Lipinski definition) is 2. The van der Waals surface area contributed by atoms with E-state index in [1.54, 1.807) is 11.8 Å². The number of aliphatic imine (C=N–C) groups is 1. The molecule has 2 rings (SSSR count). The van der Waals surface area contributed by atoms with Gasteiger partial charge < -0.3 is 15.2 Å². The van der Waals surface area contributed by atoms with Crippen LogP contribution < -0.4 is 10.6 Å². The molecule has 154 valence electrons. The predicted molar refractivity (Wildman–Crippen MR) is 115 cm³/mol. The predicted octanol–water partition coefficient (Wildman–Crippen LogP) is 3.72. The Morgan fingerprint density at radius 3 is 2.63 bits per heavy atom. The summed E-state index contributed by atoms with van der Waals surface area (Å²) in [4.78, 5) is 4.79. The van der Waals surface area contributed by atoms with E-state index in [9.17, 15) is 0 Å². The van der Waals surface area contributed by atoms with Crippen LogP contribution in [0.2, 0.25) is 0 Å². The summed E-state index contributed by atoms with van der Waals surface area (Å²) in [7, 11) is 0. The lowest BCUT2D eigenvalue weighted by Crippen LogP contribution is -2.44. The normalized spacial score (nSPS) is 20.9. The Bertz CT molecular complexity index is 575. The quantitative estimate of drug-likeness (QED) is 0.289. The molecule has 2 N–H and O–H groups in total. The monoisotopic (exact) mass is 394 g/mol. The van der Waals surface area contributed by atoms with E-state index in [0.29, 0.717) is 12.0 Å². The summed E-state index contributed by atoms with van der Waals surface area (Å²) in [6.45, 7) is 11.6. The molecule has 0 radical (unpaired) electrons. The van der Waals surface area contributed by atoms with Gasteiger partial charge in [-0.25, -0.2) is 0 Å². The summed E-state index contributed by atoms with van der Waals surface area (Å²) in [6, 6.07) is 0.567. The number of rotatable bonds is 9. The van der Waals surface area contributed by atoms with E-state index in [1.807, 2.05) is 0 Å². The third-order valence-corrected chi connectivity index (χ3v) is 5.72. The second kappa shape index (κ2) is 11.6. The Morgan fingerprint density at radius 2 is 2.00 bits per heavy atom. The Morgan fingerprint density at radius 1 is 1.26 bits per heavy atom. The molecule has 0 bridgehead atoms. The smallest absolute Gasteiger partial charge is 0.191 e. The molecule has 0 spiro atoms. The summed E-state index contributed by atoms with van der Waals surface area (Å²) >= 11 is 1.67. The van der Waals surface area contributed by atoms with Crippen LogP contribution in [-0.2, 0) is 13.0 Å². The molecular weight excluding hydrogens is 356 g/mol. The van der Waals surface area contributed by atoms with Crippen LogP contribution in [0, 0.1) is 11.8 Å². The molecule has 6 nitrogen and oxygen atoms in total. The molecule has 1 heterocycles. The third-order valence-electron chi connectivity index (χ3n) is 5.05. The highest BCUT2D eigenvalue weighted by atomic mass is 32.2. The number of nitrogens with one attached hydrogen (secondary N) is 2. The first kappa shape index (κ1) is 22.1. The van der Waals surface area contributed by atoms with Crippen LogP contribution in [0.25, 0.3) is 0 Å². The van der Waals surface area contributed by atoms with Crippen LogP contribution in [0.3, 0.4) is 0 Å². The highest BCUT2D eigenvalue weighted by Gasteiger charge is 2.19. The van der Waals surface area contributed by atoms with Gasteiger partial charge in [-0.05, 0) is 57.1 Å². The van der Waals surface area contributed by atoms with Gasteiger partial charge in [-0.1, -0.05) is 32.5 Å². The Balaban J connectivity index is 1.85. The van der Waals surface area contributed by atoms with Crippen molar-refractivity contribution in [3.8, 4) is 0 Å². The van der Waals surface area contributed by atoms with Gasteiger partial charge in [-0.15, -0.1) is 10.2 Å². The van der Waals surface area contributed by atoms with Crippen LogP contribution >= 0.6 is 11.8 Å². The maximum absolute atomic E-state index is 4.79. The second-order valence-electron chi connectivity index (χ2n) is 8.07. The fourth-order valence-corrected chi connectivity index (χ4v) is 4.07. The van der Waals surface area contributed by atoms with Crippen molar-refractivity contribution in [1.29, 1.82) is 0 Å². The second-order valence-corrected chi connectivity index (χ2v) is 8.85. The summed E-state index contributed by atoms with van der Waals surface area (Å²) < 4.78 is 2.27. The summed E-state index contributed by atoms with van der Waals surface area (Å²) in [5.41, 5.74) is 0. The molecule has 0 aliphatic heterocycles. The standard InChI is InChI=1S/C20H38N6S/c1-6-21-19(23-17-11-9-16(4)10-12-17)22-13-7-8-18-24-25-20(27-5)26(18)14-15(2)3/h15-17H,6-14H2,1-5H3,(H2,21,22,23). The first-order chi connectivity index (χ1) is 13.0. The fourth-order valence-electron chi connectivity index (χ4n) is 3.55. The molecule has 1 aliphatic rings. The van der Waals surface area contributed by atoms with Crippen molar-refractivity contribution in [1.82, 2.24) is 25.4 Å². The largest absolute Gasteiger partial charge is 0.357 e. The maximum Gasteiger partial charge on any atom is 0.191 e. The maximum atomic E-state index is 4.79. The van der Waals surface area contributed by atoms with Crippen LogP contribution in [-0.4, -0.2) is 46.1 Å². The number of nitrogens with zero attached hydrogens (tertiary/aromatic N) is 4. The van der Waals surface area contributed by atoms with Crippen molar-refractivity contribution < 1.29 is 0 Å². The van der Waals surface area contributed by atoms with E-state index >= 15 is 0 Å². The van der Waals surface area contributed by atoms with Crippen LogP contribution in [0.5, 0.6) is 0 Å². The lowest BCUT2D eigenvalue weighted by Gasteiger charge is -2.28. The van der Waals surface area contributed by atoms with Crippen molar-refractivity contribution >= 4 is 17.7 Å². The minimum Gasteiger partial charge on any atom is -0.357 e. The molecule has 1 aromatic heterocycles. The van der Waals surface area contributed by atoms with Crippen LogP contribution in [0.1, 0.15) is 65.6 Å². The molecule has 0 amide bonds. The molecule has 7 heteroatoms. The summed E-state index contributed by atoms with van der Waals surface area (Å²) in [5, 5.41) is 16.8. The van der Waals surface area contributed by atoms with Gasteiger partial charge in [0.25, 0.3) is 0 Å². The molecule has 1 aliphatic carbocycles. The van der Waals surface area contributed by atoms with Gasteiger partial charge >= 0.3 is 0 Å². The highest BCUT2D eigenvalue weighted by Crippen LogP contribution is 2.23. The Hall–Kier alpha value is -1.24. The molecule has 0 saturated heterocycles. The van der Waals surface area contributed by atoms with Crippen molar-refractivity contribution in [2.45, 2.75) is 84.0 Å². The molecule has 27 heavy (non-hydrogen) atoms. The third kappa shape index (κ3) is 7.35. The van der Waals surface area contributed by atoms with E-state index < -0.39 is 0 Å². The molecular formula is C20H38N6S. The van der Waals surface area contributed by atoms with Gasteiger partial charge in [0, 0.05) is 32.1 Å². The zero-order valence-corrected chi connectivity index (χ0v) is 18.6. The van der Waals surface area contributed by atoms with E-state index in [0.717, 1.165) is 55.3 Å². The van der Waals surface area contributed by atoms with Crippen LogP contribution in [0.4, 0.5) is 0 Å². The van der Waals surface area contributed by atoms with Crippen molar-refractivity contribution in [3.05, 3.63) is 5.82 Å². The van der Waals surface area contributed by atoms with Gasteiger partial charge in [-0.2, -0.15) is 0 Å². The SMILES string of the molecule is CCNC(=NCCCc1nnc(SC)n1CC(C)C)NC1CCC(C)CC1. The first-order valence-electron chi connectivity index (χ1n) is 10.5. The van der Waals surface area contributed by atoms with Gasteiger partial charge in [0.05, 0.1) is 0 Å². The summed E-state index contributed by atoms with van der Waals surface area (Å²) in [6.07, 6.45) is 9.12. The Kier molecular flexibility index (Phi) is 9.45. The fraction of sp³-hybridized carbons (Fsp3) is 0.850. The first-order valence-corrected chi connectivity index (χ1v) is 11.8. The zero-order valence-electron chi connectivity index (χ0n) is 17.8. The van der Waals surface area contributed by atoms with Crippen molar-refractivity contribution in [2.24, 2.45) is 16.8 Å². The lowest BCUT2D eigenvalue weighted by molar-refractivity contribution is 0.329. The van der Waals surface area contributed by atoms with E-state index in [4.69, 9.17) is 4.99 Å². The molecule has 1 saturated carbocycles. The van der Waals surface area contributed by atoms with Crippen molar-refractivity contribution in [2.75, 3.05) is 19.3 Å². The number of guanidine groups is 1. The number of hydrogen-bond acceptors (Lipinski definition) is 4. The average Bonchev–Trinajstić information content (AvgIpc) is 3.01. The average molecular weight is 395 g/mol. The van der Waals surface area contributed by atoms with Gasteiger partial charge in [0.2, 0.25) is 0 Å². The summed E-state index contributed by atoms with van der Waals surface area (Å²) in [5.74, 6) is 3.51.